The van der Waals surface area contributed by atoms with Crippen LogP contribution in [0.15, 0.2) is 40.9 Å². The van der Waals surface area contributed by atoms with Gasteiger partial charge in [0.05, 0.1) is 0 Å². The summed E-state index contributed by atoms with van der Waals surface area (Å²) in [6.07, 6.45) is 4.31. The van der Waals surface area contributed by atoms with Crippen molar-refractivity contribution in [2.24, 2.45) is 0 Å². The highest BCUT2D eigenvalue weighted by molar-refractivity contribution is 7.91. The number of aromatic amines is 1. The van der Waals surface area contributed by atoms with Crippen LogP contribution in [0, 0.1) is 0 Å². The van der Waals surface area contributed by atoms with Gasteiger partial charge in [-0.3, -0.25) is 0 Å². The summed E-state index contributed by atoms with van der Waals surface area (Å²) in [4.78, 5) is 7.65. The van der Waals surface area contributed by atoms with Gasteiger partial charge in [0.15, 0.2) is 5.65 Å². The highest BCUT2D eigenvalue weighted by Gasteiger charge is 2.24. The van der Waals surface area contributed by atoms with Crippen LogP contribution >= 0.6 is 11.6 Å². The number of halogens is 1. The molecule has 0 aliphatic carbocycles. The first-order chi connectivity index (χ1) is 8.59. The lowest BCUT2D eigenvalue weighted by molar-refractivity contribution is 0.588. The van der Waals surface area contributed by atoms with Crippen LogP contribution in [0.25, 0.3) is 5.65 Å². The van der Waals surface area contributed by atoms with Crippen molar-refractivity contribution in [3.05, 3.63) is 36.0 Å². The molecule has 3 heterocycles. The van der Waals surface area contributed by atoms with Crippen molar-refractivity contribution in [2.75, 3.05) is 0 Å². The Kier molecular flexibility index (Phi) is 2.35. The standard InChI is InChI=1S/C9H6ClN5O2S/c10-7-4-15-3-1-2-6(8(15)13-7)18(16,17)9-11-5-12-14-9/h1-5H,(H,11,12,14). The van der Waals surface area contributed by atoms with Crippen molar-refractivity contribution in [3.63, 3.8) is 0 Å². The lowest BCUT2D eigenvalue weighted by Crippen LogP contribution is -2.06. The summed E-state index contributed by atoms with van der Waals surface area (Å²) in [7, 11) is -3.78. The van der Waals surface area contributed by atoms with Crippen LogP contribution in [-0.2, 0) is 9.84 Å². The van der Waals surface area contributed by atoms with Crippen LogP contribution in [0.5, 0.6) is 0 Å². The zero-order valence-electron chi connectivity index (χ0n) is 8.78. The van der Waals surface area contributed by atoms with Crippen LogP contribution in [0.2, 0.25) is 5.15 Å². The molecule has 3 rings (SSSR count). The Hall–Kier alpha value is -1.93. The van der Waals surface area contributed by atoms with E-state index < -0.39 is 9.84 Å². The van der Waals surface area contributed by atoms with E-state index in [0.717, 1.165) is 6.33 Å². The van der Waals surface area contributed by atoms with Crippen molar-refractivity contribution >= 4 is 27.1 Å². The third-order valence-corrected chi connectivity index (χ3v) is 4.14. The highest BCUT2D eigenvalue weighted by Crippen LogP contribution is 2.22. The number of hydrogen-bond acceptors (Lipinski definition) is 5. The molecule has 0 spiro atoms. The first-order valence-electron chi connectivity index (χ1n) is 4.83. The van der Waals surface area contributed by atoms with E-state index in [1.165, 1.54) is 16.7 Å². The molecular formula is C9H6ClN5O2S. The van der Waals surface area contributed by atoms with Crippen molar-refractivity contribution in [1.29, 1.82) is 0 Å². The molecule has 0 saturated heterocycles. The summed E-state index contributed by atoms with van der Waals surface area (Å²) in [5.41, 5.74) is 0.249. The average Bonchev–Trinajstić information content (AvgIpc) is 2.95. The Labute approximate surface area is 106 Å². The van der Waals surface area contributed by atoms with Gasteiger partial charge >= 0.3 is 0 Å². The highest BCUT2D eigenvalue weighted by atomic mass is 35.5. The molecule has 0 aromatic carbocycles. The summed E-state index contributed by atoms with van der Waals surface area (Å²) < 4.78 is 26.1. The summed E-state index contributed by atoms with van der Waals surface area (Å²) in [5, 5.41) is 5.85. The second-order valence-electron chi connectivity index (χ2n) is 3.46. The lowest BCUT2D eigenvalue weighted by atomic mass is 10.5. The maximum absolute atomic E-state index is 12.3. The second-order valence-corrected chi connectivity index (χ2v) is 5.68. The molecule has 0 fully saturated rings. The molecule has 9 heteroatoms. The zero-order chi connectivity index (χ0) is 12.8. The van der Waals surface area contributed by atoms with E-state index in [4.69, 9.17) is 11.6 Å². The molecule has 0 amide bonds. The Balaban J connectivity index is 2.33. The van der Waals surface area contributed by atoms with E-state index in [1.54, 1.807) is 12.3 Å². The number of nitrogens with one attached hydrogen (secondary N) is 1. The number of nitrogens with zero attached hydrogens (tertiary/aromatic N) is 4. The minimum Gasteiger partial charge on any atom is -0.304 e. The van der Waals surface area contributed by atoms with Gasteiger partial charge in [-0.15, -0.1) is 0 Å². The van der Waals surface area contributed by atoms with Gasteiger partial charge in [-0.25, -0.2) is 23.5 Å². The molecule has 1 N–H and O–H groups in total. The number of aromatic nitrogens is 5. The fourth-order valence-electron chi connectivity index (χ4n) is 1.59. The van der Waals surface area contributed by atoms with E-state index in [2.05, 4.69) is 20.2 Å². The van der Waals surface area contributed by atoms with E-state index in [9.17, 15) is 8.42 Å². The summed E-state index contributed by atoms with van der Waals surface area (Å²) in [6.45, 7) is 0. The van der Waals surface area contributed by atoms with Gasteiger partial charge in [0, 0.05) is 12.4 Å². The quantitative estimate of drug-likeness (QED) is 0.755. The topological polar surface area (TPSA) is 93.0 Å². The fourth-order valence-corrected chi connectivity index (χ4v) is 3.00. The minimum atomic E-state index is -3.78. The zero-order valence-corrected chi connectivity index (χ0v) is 10.4. The fraction of sp³-hybridized carbons (Fsp3) is 0. The van der Waals surface area contributed by atoms with Crippen LogP contribution in [0.3, 0.4) is 0 Å². The predicted octanol–water partition coefficient (Wildman–Crippen LogP) is 0.939. The summed E-state index contributed by atoms with van der Waals surface area (Å²) >= 11 is 5.77. The second kappa shape index (κ2) is 3.79. The smallest absolute Gasteiger partial charge is 0.248 e. The SMILES string of the molecule is O=S(=O)(c1ncn[nH]1)c1cccn2cc(Cl)nc12. The number of fused-ring (bicyclic) bond motifs is 1. The molecule has 0 aliphatic rings. The number of rotatable bonds is 2. The molecule has 92 valence electrons. The van der Waals surface area contributed by atoms with Crippen LogP contribution < -0.4 is 0 Å². The van der Waals surface area contributed by atoms with Crippen molar-refractivity contribution in [2.45, 2.75) is 10.1 Å². The Morgan fingerprint density at radius 1 is 1.39 bits per heavy atom. The van der Waals surface area contributed by atoms with Crippen LogP contribution in [0.1, 0.15) is 0 Å². The van der Waals surface area contributed by atoms with Gasteiger partial charge in [0.1, 0.15) is 16.4 Å². The van der Waals surface area contributed by atoms with Crippen molar-refractivity contribution < 1.29 is 8.42 Å². The number of H-pyrrole nitrogens is 1. The molecule has 7 nitrogen and oxygen atoms in total. The number of hydrogen-bond donors (Lipinski definition) is 1. The summed E-state index contributed by atoms with van der Waals surface area (Å²) in [6, 6.07) is 3.03. The summed E-state index contributed by atoms with van der Waals surface area (Å²) in [5.74, 6) is 0. The molecule has 0 radical (unpaired) electrons. The number of pyridine rings is 1. The lowest BCUT2D eigenvalue weighted by Gasteiger charge is -2.02. The molecular weight excluding hydrogens is 278 g/mol. The Morgan fingerprint density at radius 2 is 2.22 bits per heavy atom. The first-order valence-corrected chi connectivity index (χ1v) is 6.69. The maximum atomic E-state index is 12.3. The monoisotopic (exact) mass is 283 g/mol. The Bertz CT molecular complexity index is 809. The van der Waals surface area contributed by atoms with E-state index in [1.807, 2.05) is 0 Å². The first kappa shape index (κ1) is 11.2. The van der Waals surface area contributed by atoms with Crippen LogP contribution in [0.4, 0.5) is 0 Å². The van der Waals surface area contributed by atoms with Gasteiger partial charge in [-0.2, -0.15) is 5.10 Å². The van der Waals surface area contributed by atoms with Gasteiger partial charge in [-0.05, 0) is 12.1 Å². The van der Waals surface area contributed by atoms with Gasteiger partial charge in [0.2, 0.25) is 15.0 Å². The largest absolute Gasteiger partial charge is 0.304 e. The molecule has 3 aromatic heterocycles. The molecule has 0 atom stereocenters. The van der Waals surface area contributed by atoms with Gasteiger partial charge in [-0.1, -0.05) is 11.6 Å². The van der Waals surface area contributed by atoms with E-state index in [0.29, 0.717) is 0 Å². The van der Waals surface area contributed by atoms with Crippen LogP contribution in [-0.4, -0.2) is 33.0 Å². The Morgan fingerprint density at radius 3 is 2.94 bits per heavy atom. The maximum Gasteiger partial charge on any atom is 0.248 e. The van der Waals surface area contributed by atoms with Gasteiger partial charge in [0.25, 0.3) is 0 Å². The molecule has 0 bridgehead atoms. The molecule has 3 aromatic rings. The third-order valence-electron chi connectivity index (χ3n) is 2.35. The minimum absolute atomic E-state index is 0.0219. The molecule has 18 heavy (non-hydrogen) atoms. The van der Waals surface area contributed by atoms with Gasteiger partial charge < -0.3 is 4.40 Å². The molecule has 0 saturated carbocycles. The normalized spacial score (nSPS) is 12.1. The molecule has 0 aliphatic heterocycles. The number of imidazole rings is 1. The average molecular weight is 284 g/mol. The van der Waals surface area contributed by atoms with Crippen molar-refractivity contribution in [1.82, 2.24) is 24.6 Å². The van der Waals surface area contributed by atoms with E-state index >= 15 is 0 Å². The molecule has 0 unspecified atom stereocenters. The third kappa shape index (κ3) is 1.57. The number of sulfone groups is 1. The van der Waals surface area contributed by atoms with Crippen molar-refractivity contribution in [3.8, 4) is 0 Å². The predicted molar refractivity (Wildman–Crippen MR) is 62.0 cm³/mol. The van der Waals surface area contributed by atoms with E-state index in [-0.39, 0.29) is 20.9 Å².